The van der Waals surface area contributed by atoms with Gasteiger partial charge in [-0.15, -0.1) is 0 Å². The van der Waals surface area contributed by atoms with Gasteiger partial charge in [-0.2, -0.15) is 5.10 Å². The number of nitrogens with one attached hydrogen (secondary N) is 1. The van der Waals surface area contributed by atoms with Crippen molar-refractivity contribution in [3.05, 3.63) is 76.5 Å². The monoisotopic (exact) mass is 292 g/mol. The Morgan fingerprint density at radius 1 is 1.14 bits per heavy atom. The molecule has 22 heavy (non-hydrogen) atoms. The minimum atomic E-state index is -0.429. The molecule has 0 saturated carbocycles. The summed E-state index contributed by atoms with van der Waals surface area (Å²) in [6.07, 6.45) is 3.28. The van der Waals surface area contributed by atoms with Gasteiger partial charge in [-0.1, -0.05) is 18.2 Å². The number of non-ortho nitro benzene ring substituents is 1. The van der Waals surface area contributed by atoms with Crippen LogP contribution in [0.3, 0.4) is 0 Å². The van der Waals surface area contributed by atoms with E-state index in [0.717, 1.165) is 16.6 Å². The van der Waals surface area contributed by atoms with Gasteiger partial charge < -0.3 is 0 Å². The van der Waals surface area contributed by atoms with Crippen molar-refractivity contribution in [3.63, 3.8) is 0 Å². The lowest BCUT2D eigenvalue weighted by Crippen LogP contribution is -1.93. The maximum absolute atomic E-state index is 10.7. The van der Waals surface area contributed by atoms with Crippen LogP contribution in [0.5, 0.6) is 0 Å². The van der Waals surface area contributed by atoms with Crippen LogP contribution in [0.1, 0.15) is 5.56 Å². The van der Waals surface area contributed by atoms with Crippen molar-refractivity contribution in [2.24, 2.45) is 5.10 Å². The van der Waals surface area contributed by atoms with Gasteiger partial charge in [0.15, 0.2) is 0 Å². The Labute approximate surface area is 126 Å². The zero-order valence-electron chi connectivity index (χ0n) is 11.5. The van der Waals surface area contributed by atoms with Gasteiger partial charge in [-0.25, -0.2) is 0 Å². The lowest BCUT2D eigenvalue weighted by atomic mass is 10.2. The number of nitrogens with zero attached hydrogens (tertiary/aromatic N) is 3. The highest BCUT2D eigenvalue weighted by Gasteiger charge is 2.04. The van der Waals surface area contributed by atoms with E-state index in [-0.39, 0.29) is 5.69 Å². The van der Waals surface area contributed by atoms with Gasteiger partial charge in [0.2, 0.25) is 0 Å². The molecule has 1 aromatic heterocycles. The minimum Gasteiger partial charge on any atom is -0.278 e. The van der Waals surface area contributed by atoms with Crippen LogP contribution < -0.4 is 5.43 Å². The molecule has 0 aliphatic carbocycles. The topological polar surface area (TPSA) is 80.4 Å². The van der Waals surface area contributed by atoms with E-state index in [1.54, 1.807) is 24.5 Å². The number of hydrogen-bond donors (Lipinski definition) is 1. The van der Waals surface area contributed by atoms with E-state index in [1.165, 1.54) is 12.1 Å². The fourth-order valence-corrected chi connectivity index (χ4v) is 2.10. The maximum atomic E-state index is 10.7. The highest BCUT2D eigenvalue weighted by atomic mass is 16.6. The summed E-state index contributed by atoms with van der Waals surface area (Å²) >= 11 is 0. The number of benzene rings is 2. The summed E-state index contributed by atoms with van der Waals surface area (Å²) < 4.78 is 0. The standard InChI is InChI=1S/C16H12N4O2/c21-20(22)13-5-1-4-12(10-13)11-18-19-16-8-2-7-15-14(16)6-3-9-17-15/h1-11,19H/b18-11+. The van der Waals surface area contributed by atoms with E-state index >= 15 is 0 Å². The Morgan fingerprint density at radius 3 is 2.86 bits per heavy atom. The van der Waals surface area contributed by atoms with Crippen LogP contribution in [-0.2, 0) is 0 Å². The Hall–Kier alpha value is -3.28. The molecule has 6 nitrogen and oxygen atoms in total. The van der Waals surface area contributed by atoms with Crippen molar-refractivity contribution in [3.8, 4) is 0 Å². The van der Waals surface area contributed by atoms with Gasteiger partial charge in [-0.3, -0.25) is 20.5 Å². The second-order valence-electron chi connectivity index (χ2n) is 4.60. The molecule has 6 heteroatoms. The third kappa shape index (κ3) is 2.90. The summed E-state index contributed by atoms with van der Waals surface area (Å²) in [6.45, 7) is 0. The molecule has 0 spiro atoms. The summed E-state index contributed by atoms with van der Waals surface area (Å²) in [7, 11) is 0. The summed E-state index contributed by atoms with van der Waals surface area (Å²) in [5, 5.41) is 15.8. The molecule has 1 N–H and O–H groups in total. The number of hydrogen-bond acceptors (Lipinski definition) is 5. The predicted octanol–water partition coefficient (Wildman–Crippen LogP) is 3.59. The molecule has 0 bridgehead atoms. The lowest BCUT2D eigenvalue weighted by Gasteiger charge is -2.04. The Bertz CT molecular complexity index is 856. The smallest absolute Gasteiger partial charge is 0.270 e. The van der Waals surface area contributed by atoms with Crippen LogP contribution in [0.15, 0.2) is 65.9 Å². The molecular formula is C16H12N4O2. The number of nitro groups is 1. The first-order valence-corrected chi connectivity index (χ1v) is 6.61. The van der Waals surface area contributed by atoms with Crippen LogP contribution in [0.25, 0.3) is 10.9 Å². The fourth-order valence-electron chi connectivity index (χ4n) is 2.10. The number of nitro benzene ring substituents is 1. The zero-order valence-corrected chi connectivity index (χ0v) is 11.5. The normalized spacial score (nSPS) is 10.9. The summed E-state index contributed by atoms with van der Waals surface area (Å²) in [5.74, 6) is 0. The van der Waals surface area contributed by atoms with Crippen molar-refractivity contribution in [1.82, 2.24) is 4.98 Å². The van der Waals surface area contributed by atoms with Crippen molar-refractivity contribution in [1.29, 1.82) is 0 Å². The molecule has 1 heterocycles. The maximum Gasteiger partial charge on any atom is 0.270 e. The quantitative estimate of drug-likeness (QED) is 0.452. The molecule has 0 aliphatic rings. The number of rotatable bonds is 4. The van der Waals surface area contributed by atoms with E-state index in [1.807, 2.05) is 30.3 Å². The summed E-state index contributed by atoms with van der Waals surface area (Å²) in [4.78, 5) is 14.6. The highest BCUT2D eigenvalue weighted by Crippen LogP contribution is 2.21. The second kappa shape index (κ2) is 6.01. The molecule has 0 saturated heterocycles. The predicted molar refractivity (Wildman–Crippen MR) is 86.1 cm³/mol. The average molecular weight is 292 g/mol. The lowest BCUT2D eigenvalue weighted by molar-refractivity contribution is -0.384. The van der Waals surface area contributed by atoms with Crippen LogP contribution in [-0.4, -0.2) is 16.1 Å². The number of pyridine rings is 1. The SMILES string of the molecule is O=[N+]([O-])c1cccc(/C=N/Nc2cccc3ncccc23)c1. The van der Waals surface area contributed by atoms with Gasteiger partial charge in [0.05, 0.1) is 22.3 Å². The number of hydrazone groups is 1. The van der Waals surface area contributed by atoms with Crippen molar-refractivity contribution < 1.29 is 4.92 Å². The van der Waals surface area contributed by atoms with Crippen LogP contribution in [0.2, 0.25) is 0 Å². The number of anilines is 1. The van der Waals surface area contributed by atoms with Crippen molar-refractivity contribution in [2.75, 3.05) is 5.43 Å². The molecule has 2 aromatic carbocycles. The Morgan fingerprint density at radius 2 is 2.00 bits per heavy atom. The van der Waals surface area contributed by atoms with E-state index in [4.69, 9.17) is 0 Å². The van der Waals surface area contributed by atoms with Crippen LogP contribution in [0.4, 0.5) is 11.4 Å². The highest BCUT2D eigenvalue weighted by molar-refractivity contribution is 5.91. The van der Waals surface area contributed by atoms with Gasteiger partial charge in [0.25, 0.3) is 5.69 Å². The van der Waals surface area contributed by atoms with Gasteiger partial charge >= 0.3 is 0 Å². The molecule has 3 rings (SSSR count). The average Bonchev–Trinajstić information content (AvgIpc) is 2.55. The third-order valence-electron chi connectivity index (χ3n) is 3.13. The van der Waals surface area contributed by atoms with Crippen LogP contribution in [0, 0.1) is 10.1 Å². The third-order valence-corrected chi connectivity index (χ3v) is 3.13. The van der Waals surface area contributed by atoms with E-state index in [9.17, 15) is 10.1 Å². The molecule has 0 aliphatic heterocycles. The number of aromatic nitrogens is 1. The second-order valence-corrected chi connectivity index (χ2v) is 4.60. The summed E-state index contributed by atoms with van der Waals surface area (Å²) in [5.41, 5.74) is 5.34. The molecule has 0 atom stereocenters. The fraction of sp³-hybridized carbons (Fsp3) is 0. The van der Waals surface area contributed by atoms with Crippen molar-refractivity contribution >= 4 is 28.5 Å². The zero-order chi connectivity index (χ0) is 15.4. The van der Waals surface area contributed by atoms with Crippen molar-refractivity contribution in [2.45, 2.75) is 0 Å². The molecule has 0 radical (unpaired) electrons. The first-order chi connectivity index (χ1) is 10.7. The molecule has 3 aromatic rings. The molecular weight excluding hydrogens is 280 g/mol. The molecule has 0 unspecified atom stereocenters. The largest absolute Gasteiger partial charge is 0.278 e. The molecule has 108 valence electrons. The number of fused-ring (bicyclic) bond motifs is 1. The van der Waals surface area contributed by atoms with Gasteiger partial charge in [0.1, 0.15) is 0 Å². The van der Waals surface area contributed by atoms with E-state index < -0.39 is 4.92 Å². The van der Waals surface area contributed by atoms with E-state index in [2.05, 4.69) is 15.5 Å². The molecule has 0 fully saturated rings. The molecule has 0 amide bonds. The van der Waals surface area contributed by atoms with Crippen LogP contribution >= 0.6 is 0 Å². The minimum absolute atomic E-state index is 0.0401. The van der Waals surface area contributed by atoms with Gasteiger partial charge in [0, 0.05) is 29.3 Å². The van der Waals surface area contributed by atoms with Gasteiger partial charge in [-0.05, 0) is 24.3 Å². The Kier molecular flexibility index (Phi) is 3.74. The first-order valence-electron chi connectivity index (χ1n) is 6.61. The van der Waals surface area contributed by atoms with E-state index in [0.29, 0.717) is 5.56 Å². The first kappa shape index (κ1) is 13.7. The Balaban J connectivity index is 1.82. The summed E-state index contributed by atoms with van der Waals surface area (Å²) in [6, 6.07) is 15.8.